The van der Waals surface area contributed by atoms with Gasteiger partial charge in [0.2, 0.25) is 0 Å². The zero-order valence-corrected chi connectivity index (χ0v) is 9.88. The van der Waals surface area contributed by atoms with Gasteiger partial charge in [-0.05, 0) is 43.3 Å². The molecule has 2 rings (SSSR count). The van der Waals surface area contributed by atoms with Crippen molar-refractivity contribution in [2.75, 3.05) is 5.73 Å². The standard InChI is InChI=1S/C13H13N3O2/c1-9-2-7-12(18-9)8-15-16-13(17)10-3-5-11(14)6-4-10/h2-8H,14H2,1H3,(H,16,17)/b15-8+. The van der Waals surface area contributed by atoms with Gasteiger partial charge in [-0.1, -0.05) is 0 Å². The summed E-state index contributed by atoms with van der Waals surface area (Å²) in [5.41, 5.74) is 9.05. The average Bonchev–Trinajstić information content (AvgIpc) is 2.76. The summed E-state index contributed by atoms with van der Waals surface area (Å²) in [6.07, 6.45) is 1.45. The van der Waals surface area contributed by atoms with Crippen LogP contribution < -0.4 is 11.2 Å². The van der Waals surface area contributed by atoms with E-state index in [0.717, 1.165) is 5.76 Å². The number of anilines is 1. The summed E-state index contributed by atoms with van der Waals surface area (Å²) in [6, 6.07) is 10.2. The number of nitrogens with one attached hydrogen (secondary N) is 1. The zero-order chi connectivity index (χ0) is 13.0. The number of nitrogen functional groups attached to an aromatic ring is 1. The van der Waals surface area contributed by atoms with Crippen LogP contribution in [0.25, 0.3) is 0 Å². The van der Waals surface area contributed by atoms with Crippen molar-refractivity contribution in [1.82, 2.24) is 5.43 Å². The van der Waals surface area contributed by atoms with Crippen LogP contribution in [0.3, 0.4) is 0 Å². The van der Waals surface area contributed by atoms with Crippen molar-refractivity contribution in [1.29, 1.82) is 0 Å². The second kappa shape index (κ2) is 5.18. The second-order valence-corrected chi connectivity index (χ2v) is 3.77. The van der Waals surface area contributed by atoms with E-state index >= 15 is 0 Å². The van der Waals surface area contributed by atoms with Gasteiger partial charge in [-0.3, -0.25) is 4.79 Å². The molecule has 1 heterocycles. The molecule has 1 amide bonds. The van der Waals surface area contributed by atoms with Gasteiger partial charge in [0.15, 0.2) is 0 Å². The molecule has 0 aliphatic carbocycles. The van der Waals surface area contributed by atoms with E-state index in [0.29, 0.717) is 17.0 Å². The second-order valence-electron chi connectivity index (χ2n) is 3.77. The lowest BCUT2D eigenvalue weighted by Gasteiger charge is -1.99. The number of aryl methyl sites for hydroxylation is 1. The fourth-order valence-corrected chi connectivity index (χ4v) is 1.38. The van der Waals surface area contributed by atoms with Gasteiger partial charge in [-0.15, -0.1) is 0 Å². The molecule has 0 fully saturated rings. The fraction of sp³-hybridized carbons (Fsp3) is 0.0769. The Bertz CT molecular complexity index is 570. The highest BCUT2D eigenvalue weighted by Crippen LogP contribution is 2.05. The third-order valence-electron chi connectivity index (χ3n) is 2.29. The van der Waals surface area contributed by atoms with Crippen LogP contribution in [0.2, 0.25) is 0 Å². The summed E-state index contributed by atoms with van der Waals surface area (Å²) in [5.74, 6) is 1.08. The van der Waals surface area contributed by atoms with Crippen LogP contribution in [-0.2, 0) is 0 Å². The van der Waals surface area contributed by atoms with Gasteiger partial charge in [0.25, 0.3) is 5.91 Å². The quantitative estimate of drug-likeness (QED) is 0.491. The molecule has 0 atom stereocenters. The molecular formula is C13H13N3O2. The summed E-state index contributed by atoms with van der Waals surface area (Å²) >= 11 is 0. The lowest BCUT2D eigenvalue weighted by atomic mass is 10.2. The Labute approximate surface area is 104 Å². The summed E-state index contributed by atoms with van der Waals surface area (Å²) < 4.78 is 5.27. The third kappa shape index (κ3) is 2.98. The topological polar surface area (TPSA) is 80.6 Å². The Balaban J connectivity index is 1.96. The molecule has 5 nitrogen and oxygen atoms in total. The van der Waals surface area contributed by atoms with E-state index in [2.05, 4.69) is 10.5 Å². The van der Waals surface area contributed by atoms with Gasteiger partial charge in [-0.2, -0.15) is 5.10 Å². The third-order valence-corrected chi connectivity index (χ3v) is 2.29. The molecule has 1 aromatic carbocycles. The molecule has 0 unspecified atom stereocenters. The molecule has 5 heteroatoms. The molecule has 0 spiro atoms. The van der Waals surface area contributed by atoms with Gasteiger partial charge >= 0.3 is 0 Å². The number of hydrogen-bond acceptors (Lipinski definition) is 4. The van der Waals surface area contributed by atoms with Crippen molar-refractivity contribution in [2.24, 2.45) is 5.10 Å². The van der Waals surface area contributed by atoms with Gasteiger partial charge in [-0.25, -0.2) is 5.43 Å². The Hall–Kier alpha value is -2.56. The summed E-state index contributed by atoms with van der Waals surface area (Å²) in [7, 11) is 0. The summed E-state index contributed by atoms with van der Waals surface area (Å²) in [5, 5.41) is 3.80. The highest BCUT2D eigenvalue weighted by molar-refractivity contribution is 5.94. The summed E-state index contributed by atoms with van der Waals surface area (Å²) in [4.78, 5) is 11.7. The summed E-state index contributed by atoms with van der Waals surface area (Å²) in [6.45, 7) is 1.84. The number of benzene rings is 1. The average molecular weight is 243 g/mol. The van der Waals surface area contributed by atoms with E-state index in [1.165, 1.54) is 6.21 Å². The highest BCUT2D eigenvalue weighted by Gasteiger charge is 2.02. The van der Waals surface area contributed by atoms with E-state index in [1.807, 2.05) is 13.0 Å². The molecule has 0 saturated carbocycles. The number of carbonyl (C=O) groups excluding carboxylic acids is 1. The van der Waals surface area contributed by atoms with E-state index in [1.54, 1.807) is 30.3 Å². The van der Waals surface area contributed by atoms with Crippen molar-refractivity contribution in [2.45, 2.75) is 6.92 Å². The molecule has 3 N–H and O–H groups in total. The Morgan fingerprint density at radius 2 is 2.00 bits per heavy atom. The fourth-order valence-electron chi connectivity index (χ4n) is 1.38. The molecule has 0 radical (unpaired) electrons. The van der Waals surface area contributed by atoms with Gasteiger partial charge in [0.1, 0.15) is 11.5 Å². The molecule has 0 aliphatic heterocycles. The minimum atomic E-state index is -0.297. The molecule has 2 aromatic rings. The number of amides is 1. The first-order valence-corrected chi connectivity index (χ1v) is 5.40. The number of hydrazone groups is 1. The highest BCUT2D eigenvalue weighted by atomic mass is 16.3. The van der Waals surface area contributed by atoms with Crippen LogP contribution >= 0.6 is 0 Å². The molecule has 1 aromatic heterocycles. The van der Waals surface area contributed by atoms with Crippen molar-refractivity contribution >= 4 is 17.8 Å². The maximum absolute atomic E-state index is 11.7. The zero-order valence-electron chi connectivity index (χ0n) is 9.88. The minimum absolute atomic E-state index is 0.297. The lowest BCUT2D eigenvalue weighted by Crippen LogP contribution is -2.17. The normalized spacial score (nSPS) is 10.7. The Morgan fingerprint density at radius 3 is 2.61 bits per heavy atom. The number of nitrogens with zero attached hydrogens (tertiary/aromatic N) is 1. The van der Waals surface area contributed by atoms with Gasteiger partial charge < -0.3 is 10.2 Å². The molecule has 0 saturated heterocycles. The van der Waals surface area contributed by atoms with Crippen molar-refractivity contribution < 1.29 is 9.21 Å². The number of rotatable bonds is 3. The first kappa shape index (κ1) is 11.9. The molecule has 0 bridgehead atoms. The van der Waals surface area contributed by atoms with Crippen LogP contribution in [0.1, 0.15) is 21.9 Å². The van der Waals surface area contributed by atoms with E-state index in [4.69, 9.17) is 10.2 Å². The first-order valence-electron chi connectivity index (χ1n) is 5.40. The van der Waals surface area contributed by atoms with Crippen LogP contribution in [-0.4, -0.2) is 12.1 Å². The van der Waals surface area contributed by atoms with Crippen LogP contribution in [0.5, 0.6) is 0 Å². The number of nitrogens with two attached hydrogens (primary N) is 1. The maximum atomic E-state index is 11.7. The Kier molecular flexibility index (Phi) is 3.43. The van der Waals surface area contributed by atoms with E-state index in [-0.39, 0.29) is 5.91 Å². The molecular weight excluding hydrogens is 230 g/mol. The SMILES string of the molecule is Cc1ccc(/C=N/NC(=O)c2ccc(N)cc2)o1. The van der Waals surface area contributed by atoms with Crippen molar-refractivity contribution in [3.63, 3.8) is 0 Å². The predicted molar refractivity (Wildman–Crippen MR) is 69.4 cm³/mol. The number of furan rings is 1. The van der Waals surface area contributed by atoms with Gasteiger partial charge in [0.05, 0.1) is 6.21 Å². The maximum Gasteiger partial charge on any atom is 0.271 e. The van der Waals surface area contributed by atoms with Crippen LogP contribution in [0.4, 0.5) is 5.69 Å². The smallest absolute Gasteiger partial charge is 0.271 e. The largest absolute Gasteiger partial charge is 0.460 e. The van der Waals surface area contributed by atoms with Crippen LogP contribution in [0.15, 0.2) is 45.9 Å². The number of hydrogen-bond donors (Lipinski definition) is 2. The minimum Gasteiger partial charge on any atom is -0.460 e. The lowest BCUT2D eigenvalue weighted by molar-refractivity contribution is 0.0955. The molecule has 92 valence electrons. The van der Waals surface area contributed by atoms with E-state index < -0.39 is 0 Å². The van der Waals surface area contributed by atoms with Gasteiger partial charge in [0, 0.05) is 11.3 Å². The number of carbonyl (C=O) groups is 1. The van der Waals surface area contributed by atoms with Crippen LogP contribution in [0, 0.1) is 6.92 Å². The Morgan fingerprint density at radius 1 is 1.28 bits per heavy atom. The van der Waals surface area contributed by atoms with Crippen molar-refractivity contribution in [3.8, 4) is 0 Å². The first-order chi connectivity index (χ1) is 8.65. The predicted octanol–water partition coefficient (Wildman–Crippen LogP) is 1.93. The molecule has 18 heavy (non-hydrogen) atoms. The van der Waals surface area contributed by atoms with Crippen molar-refractivity contribution in [3.05, 3.63) is 53.5 Å². The monoisotopic (exact) mass is 243 g/mol. The molecule has 0 aliphatic rings. The van der Waals surface area contributed by atoms with E-state index in [9.17, 15) is 4.79 Å².